The first-order valence-electron chi connectivity index (χ1n) is 6.87. The fourth-order valence-corrected chi connectivity index (χ4v) is 2.34. The van der Waals surface area contributed by atoms with Gasteiger partial charge in [-0.2, -0.15) is 5.10 Å². The van der Waals surface area contributed by atoms with Gasteiger partial charge in [-0.25, -0.2) is 5.43 Å². The Kier molecular flexibility index (Phi) is 5.15. The van der Waals surface area contributed by atoms with E-state index >= 15 is 0 Å². The van der Waals surface area contributed by atoms with Crippen molar-refractivity contribution in [1.82, 2.24) is 5.43 Å². The van der Waals surface area contributed by atoms with Crippen LogP contribution in [0.3, 0.4) is 0 Å². The number of carbonyl (C=O) groups is 1. The van der Waals surface area contributed by atoms with Gasteiger partial charge in [-0.3, -0.25) is 14.9 Å². The maximum atomic E-state index is 12.0. The minimum atomic E-state index is -0.575. The number of aromatic hydroxyl groups is 1. The Morgan fingerprint density at radius 3 is 2.67 bits per heavy atom. The Morgan fingerprint density at radius 2 is 2.04 bits per heavy atom. The SMILES string of the molecule is Cc1ccc(C(=O)NN=Cc2cc([N+](=O)[O-])cc(C)c2O)c(Cl)c1. The fraction of sp³-hybridized carbons (Fsp3) is 0.125. The number of phenolic OH excluding ortho intramolecular Hbond substituents is 1. The number of hydrogen-bond donors (Lipinski definition) is 2. The van der Waals surface area contributed by atoms with Gasteiger partial charge in [0.05, 0.1) is 21.7 Å². The largest absolute Gasteiger partial charge is 0.507 e. The van der Waals surface area contributed by atoms with Crippen molar-refractivity contribution < 1.29 is 14.8 Å². The number of hydrazone groups is 1. The standard InChI is InChI=1S/C16H14ClN3O4/c1-9-3-4-13(14(17)5-9)16(22)19-18-8-11-7-12(20(23)24)6-10(2)15(11)21/h3-8,21H,1-2H3,(H,19,22). The van der Waals surface area contributed by atoms with Crippen molar-refractivity contribution in [1.29, 1.82) is 0 Å². The van der Waals surface area contributed by atoms with E-state index < -0.39 is 10.8 Å². The lowest BCUT2D eigenvalue weighted by atomic mass is 10.1. The summed E-state index contributed by atoms with van der Waals surface area (Å²) in [6, 6.07) is 7.36. The Morgan fingerprint density at radius 1 is 1.33 bits per heavy atom. The van der Waals surface area contributed by atoms with E-state index in [9.17, 15) is 20.0 Å². The van der Waals surface area contributed by atoms with E-state index in [-0.39, 0.29) is 27.6 Å². The quantitative estimate of drug-likeness (QED) is 0.502. The summed E-state index contributed by atoms with van der Waals surface area (Å²) in [5, 5.41) is 24.8. The molecule has 0 bridgehead atoms. The summed E-state index contributed by atoms with van der Waals surface area (Å²) in [7, 11) is 0. The van der Waals surface area contributed by atoms with Crippen LogP contribution in [0.1, 0.15) is 27.0 Å². The molecular formula is C16H14ClN3O4. The lowest BCUT2D eigenvalue weighted by Crippen LogP contribution is -2.18. The maximum Gasteiger partial charge on any atom is 0.272 e. The van der Waals surface area contributed by atoms with E-state index in [1.165, 1.54) is 13.0 Å². The van der Waals surface area contributed by atoms with Gasteiger partial charge in [-0.1, -0.05) is 17.7 Å². The molecule has 0 aliphatic carbocycles. The van der Waals surface area contributed by atoms with E-state index in [0.29, 0.717) is 5.56 Å². The molecular weight excluding hydrogens is 334 g/mol. The molecule has 0 atom stereocenters. The molecule has 124 valence electrons. The van der Waals surface area contributed by atoms with Crippen molar-refractivity contribution in [2.45, 2.75) is 13.8 Å². The first kappa shape index (κ1) is 17.4. The van der Waals surface area contributed by atoms with Crippen LogP contribution >= 0.6 is 11.6 Å². The maximum absolute atomic E-state index is 12.0. The van der Waals surface area contributed by atoms with E-state index in [4.69, 9.17) is 11.6 Å². The van der Waals surface area contributed by atoms with E-state index in [2.05, 4.69) is 10.5 Å². The molecule has 0 saturated heterocycles. The molecule has 8 heteroatoms. The van der Waals surface area contributed by atoms with Crippen molar-refractivity contribution >= 4 is 29.4 Å². The molecule has 0 saturated carbocycles. The molecule has 2 aromatic carbocycles. The van der Waals surface area contributed by atoms with Crippen LogP contribution in [0.25, 0.3) is 0 Å². The molecule has 0 aromatic heterocycles. The number of nitro benzene ring substituents is 1. The van der Waals surface area contributed by atoms with Gasteiger partial charge in [0.25, 0.3) is 11.6 Å². The van der Waals surface area contributed by atoms with Gasteiger partial charge >= 0.3 is 0 Å². The molecule has 2 aromatic rings. The fourth-order valence-electron chi connectivity index (χ4n) is 2.02. The zero-order chi connectivity index (χ0) is 17.9. The second-order valence-corrected chi connectivity index (χ2v) is 5.55. The van der Waals surface area contributed by atoms with Crippen LogP contribution in [0.4, 0.5) is 5.69 Å². The third kappa shape index (κ3) is 3.88. The van der Waals surface area contributed by atoms with Crippen molar-refractivity contribution in [2.75, 3.05) is 0 Å². The van der Waals surface area contributed by atoms with Crippen LogP contribution in [-0.4, -0.2) is 22.2 Å². The Bertz CT molecular complexity index is 849. The number of carbonyl (C=O) groups excluding carboxylic acids is 1. The number of amides is 1. The molecule has 24 heavy (non-hydrogen) atoms. The van der Waals surface area contributed by atoms with Gasteiger partial charge in [0.15, 0.2) is 0 Å². The summed E-state index contributed by atoms with van der Waals surface area (Å²) in [5.41, 5.74) is 3.70. The highest BCUT2D eigenvalue weighted by Gasteiger charge is 2.13. The minimum absolute atomic E-state index is 0.122. The number of rotatable bonds is 4. The number of benzene rings is 2. The molecule has 7 nitrogen and oxygen atoms in total. The average Bonchev–Trinajstić information content (AvgIpc) is 2.50. The summed E-state index contributed by atoms with van der Waals surface area (Å²) in [6.07, 6.45) is 1.13. The van der Waals surface area contributed by atoms with Crippen LogP contribution in [0.15, 0.2) is 35.4 Å². The minimum Gasteiger partial charge on any atom is -0.507 e. The lowest BCUT2D eigenvalue weighted by Gasteiger charge is -2.05. The predicted molar refractivity (Wildman–Crippen MR) is 90.7 cm³/mol. The molecule has 0 radical (unpaired) electrons. The van der Waals surface area contributed by atoms with Gasteiger partial charge in [-0.15, -0.1) is 0 Å². The highest BCUT2D eigenvalue weighted by molar-refractivity contribution is 6.33. The van der Waals surface area contributed by atoms with E-state index in [1.807, 2.05) is 6.92 Å². The van der Waals surface area contributed by atoms with E-state index in [1.54, 1.807) is 18.2 Å². The summed E-state index contributed by atoms with van der Waals surface area (Å²) < 4.78 is 0. The van der Waals surface area contributed by atoms with Crippen LogP contribution in [0.2, 0.25) is 5.02 Å². The molecule has 0 aliphatic rings. The number of non-ortho nitro benzene ring substituents is 1. The first-order valence-corrected chi connectivity index (χ1v) is 7.25. The zero-order valence-electron chi connectivity index (χ0n) is 12.9. The molecule has 2 N–H and O–H groups in total. The monoisotopic (exact) mass is 347 g/mol. The topological polar surface area (TPSA) is 105 Å². The van der Waals surface area contributed by atoms with Crippen LogP contribution < -0.4 is 5.43 Å². The molecule has 0 fully saturated rings. The number of nitrogens with one attached hydrogen (secondary N) is 1. The highest BCUT2D eigenvalue weighted by atomic mass is 35.5. The van der Waals surface area contributed by atoms with Gasteiger partial charge in [-0.05, 0) is 37.1 Å². The van der Waals surface area contributed by atoms with Crippen LogP contribution in [0.5, 0.6) is 5.75 Å². The number of hydrogen-bond acceptors (Lipinski definition) is 5. The third-order valence-electron chi connectivity index (χ3n) is 3.26. The van der Waals surface area contributed by atoms with Gasteiger partial charge in [0.2, 0.25) is 0 Å². The van der Waals surface area contributed by atoms with Crippen LogP contribution in [0, 0.1) is 24.0 Å². The van der Waals surface area contributed by atoms with Crippen molar-refractivity contribution in [3.05, 3.63) is 67.7 Å². The smallest absolute Gasteiger partial charge is 0.272 e. The number of nitrogens with zero attached hydrogens (tertiary/aromatic N) is 2. The number of halogens is 1. The van der Waals surface area contributed by atoms with Gasteiger partial charge in [0.1, 0.15) is 5.75 Å². The lowest BCUT2D eigenvalue weighted by molar-refractivity contribution is -0.384. The van der Waals surface area contributed by atoms with Crippen molar-refractivity contribution in [3.63, 3.8) is 0 Å². The Labute approximate surface area is 142 Å². The summed E-state index contributed by atoms with van der Waals surface area (Å²) >= 11 is 5.99. The van der Waals surface area contributed by atoms with Gasteiger partial charge in [0, 0.05) is 17.7 Å². The second kappa shape index (κ2) is 7.10. The molecule has 1 amide bonds. The molecule has 0 spiro atoms. The van der Waals surface area contributed by atoms with Crippen molar-refractivity contribution in [2.24, 2.45) is 5.10 Å². The van der Waals surface area contributed by atoms with E-state index in [0.717, 1.165) is 17.8 Å². The molecule has 2 rings (SSSR count). The number of aryl methyl sites for hydroxylation is 2. The normalized spacial score (nSPS) is 10.8. The number of phenols is 1. The Hall–Kier alpha value is -2.93. The molecule has 0 aliphatic heterocycles. The second-order valence-electron chi connectivity index (χ2n) is 5.14. The summed E-state index contributed by atoms with van der Waals surface area (Å²) in [5.74, 6) is -0.676. The van der Waals surface area contributed by atoms with Crippen LogP contribution in [-0.2, 0) is 0 Å². The number of nitro groups is 1. The first-order chi connectivity index (χ1) is 11.3. The van der Waals surface area contributed by atoms with Crippen molar-refractivity contribution in [3.8, 4) is 5.75 Å². The van der Waals surface area contributed by atoms with Gasteiger partial charge < -0.3 is 5.11 Å². The average molecular weight is 348 g/mol. The predicted octanol–water partition coefficient (Wildman–Crippen LogP) is 3.33. The zero-order valence-corrected chi connectivity index (χ0v) is 13.7. The molecule has 0 heterocycles. The summed E-state index contributed by atoms with van der Waals surface area (Å²) in [4.78, 5) is 22.3. The highest BCUT2D eigenvalue weighted by Crippen LogP contribution is 2.26. The molecule has 0 unspecified atom stereocenters. The third-order valence-corrected chi connectivity index (χ3v) is 3.58. The Balaban J connectivity index is 2.20. The summed E-state index contributed by atoms with van der Waals surface area (Å²) in [6.45, 7) is 3.38.